The van der Waals surface area contributed by atoms with E-state index in [1.807, 2.05) is 18.2 Å². The lowest BCUT2D eigenvalue weighted by Crippen LogP contribution is -2.41. The molecule has 2 aliphatic heterocycles. The first-order valence-corrected chi connectivity index (χ1v) is 12.3. The molecule has 0 unspecified atom stereocenters. The highest BCUT2D eigenvalue weighted by atomic mass is 32.2. The molecule has 2 aromatic heterocycles. The van der Waals surface area contributed by atoms with E-state index >= 15 is 0 Å². The maximum absolute atomic E-state index is 13.4. The van der Waals surface area contributed by atoms with Gasteiger partial charge in [0, 0.05) is 50.4 Å². The Hall–Kier alpha value is -3.08. The van der Waals surface area contributed by atoms with Crippen LogP contribution in [0.5, 0.6) is 5.75 Å². The second-order valence-corrected chi connectivity index (χ2v) is 9.82. The molecule has 172 valence electrons. The number of anilines is 1. The molecule has 1 aromatic carbocycles. The number of nitrogens with zero attached hydrogens (tertiary/aromatic N) is 5. The molecular formula is C23H25N5O4S. The van der Waals surface area contributed by atoms with Crippen molar-refractivity contribution in [3.05, 3.63) is 59.9 Å². The lowest BCUT2D eigenvalue weighted by Gasteiger charge is -2.34. The van der Waals surface area contributed by atoms with E-state index in [2.05, 4.69) is 9.88 Å². The zero-order valence-electron chi connectivity index (χ0n) is 18.3. The van der Waals surface area contributed by atoms with Gasteiger partial charge < -0.3 is 14.4 Å². The molecule has 5 rings (SSSR count). The van der Waals surface area contributed by atoms with Crippen molar-refractivity contribution < 1.29 is 17.9 Å². The van der Waals surface area contributed by atoms with Gasteiger partial charge in [-0.2, -0.15) is 4.31 Å². The first-order chi connectivity index (χ1) is 16.1. The molecule has 0 amide bonds. The van der Waals surface area contributed by atoms with E-state index in [-0.39, 0.29) is 11.4 Å². The number of pyridine rings is 1. The van der Waals surface area contributed by atoms with Gasteiger partial charge in [0.05, 0.1) is 30.9 Å². The molecule has 0 radical (unpaired) electrons. The Kier molecular flexibility index (Phi) is 5.96. The maximum Gasteiger partial charge on any atom is 0.243 e. The van der Waals surface area contributed by atoms with Crippen LogP contribution < -0.4 is 9.64 Å². The van der Waals surface area contributed by atoms with Crippen LogP contribution in [0.15, 0.2) is 53.6 Å². The Morgan fingerprint density at radius 1 is 1.03 bits per heavy atom. The summed E-state index contributed by atoms with van der Waals surface area (Å²) in [6.45, 7) is 3.13. The fourth-order valence-corrected chi connectivity index (χ4v) is 5.58. The van der Waals surface area contributed by atoms with Gasteiger partial charge in [0.2, 0.25) is 10.0 Å². The molecule has 3 aromatic rings. The number of fused-ring (bicyclic) bond motifs is 1. The van der Waals surface area contributed by atoms with Gasteiger partial charge >= 0.3 is 0 Å². The van der Waals surface area contributed by atoms with E-state index in [0.717, 1.165) is 17.1 Å². The Balaban J connectivity index is 1.54. The maximum atomic E-state index is 13.4. The minimum atomic E-state index is -3.70. The minimum absolute atomic E-state index is 0.212. The summed E-state index contributed by atoms with van der Waals surface area (Å²) in [4.78, 5) is 16.4. The molecule has 0 aliphatic carbocycles. The topological polar surface area (TPSA) is 97.8 Å². The number of hydrogen-bond donors (Lipinski definition) is 0. The highest BCUT2D eigenvalue weighted by Gasteiger charge is 2.33. The van der Waals surface area contributed by atoms with Crippen LogP contribution >= 0.6 is 0 Å². The molecule has 0 atom stereocenters. The van der Waals surface area contributed by atoms with E-state index in [0.29, 0.717) is 56.5 Å². The second-order valence-electron chi connectivity index (χ2n) is 7.88. The summed E-state index contributed by atoms with van der Waals surface area (Å²) in [5.41, 5.74) is 2.40. The van der Waals surface area contributed by atoms with Gasteiger partial charge in [-0.05, 0) is 24.3 Å². The summed E-state index contributed by atoms with van der Waals surface area (Å²) in [7, 11) is -2.18. The normalized spacial score (nSPS) is 16.9. The van der Waals surface area contributed by atoms with Crippen LogP contribution in [0.1, 0.15) is 11.3 Å². The number of aromatic nitrogens is 3. The molecule has 1 saturated heterocycles. The van der Waals surface area contributed by atoms with Crippen molar-refractivity contribution >= 4 is 15.8 Å². The highest BCUT2D eigenvalue weighted by molar-refractivity contribution is 7.89. The predicted molar refractivity (Wildman–Crippen MR) is 123 cm³/mol. The van der Waals surface area contributed by atoms with Crippen LogP contribution in [0.25, 0.3) is 11.5 Å². The number of morpholine rings is 1. The van der Waals surface area contributed by atoms with Gasteiger partial charge in [0.25, 0.3) is 0 Å². The van der Waals surface area contributed by atoms with Crippen molar-refractivity contribution in [2.24, 2.45) is 0 Å². The largest absolute Gasteiger partial charge is 0.497 e. The van der Waals surface area contributed by atoms with Gasteiger partial charge in [-0.25, -0.2) is 18.4 Å². The smallest absolute Gasteiger partial charge is 0.243 e. The number of methoxy groups -OCH3 is 1. The summed E-state index contributed by atoms with van der Waals surface area (Å²) in [6, 6.07) is 12.2. The lowest BCUT2D eigenvalue weighted by molar-refractivity contribution is 0.122. The van der Waals surface area contributed by atoms with Crippen LogP contribution in [0, 0.1) is 0 Å². The zero-order valence-corrected chi connectivity index (χ0v) is 19.2. The van der Waals surface area contributed by atoms with E-state index in [1.165, 1.54) is 11.4 Å². The third-order valence-corrected chi connectivity index (χ3v) is 7.73. The van der Waals surface area contributed by atoms with Crippen molar-refractivity contribution in [2.45, 2.75) is 17.9 Å². The standard InChI is InChI=1S/C23H25N5O4S/c1-31-17-5-4-6-18(15-17)33(29,30)28-10-8-20-19(16-28)23(27-11-13-32-14-12-27)26-22(25-20)21-7-2-3-9-24-21/h2-7,9,15H,8,10-14,16H2,1H3. The van der Waals surface area contributed by atoms with Crippen molar-refractivity contribution in [3.63, 3.8) is 0 Å². The molecule has 10 heteroatoms. The summed E-state index contributed by atoms with van der Waals surface area (Å²) in [5.74, 6) is 1.82. The van der Waals surface area contributed by atoms with E-state index in [4.69, 9.17) is 19.4 Å². The Morgan fingerprint density at radius 2 is 1.88 bits per heavy atom. The summed E-state index contributed by atoms with van der Waals surface area (Å²) >= 11 is 0. The van der Waals surface area contributed by atoms with Gasteiger partial charge in [0.1, 0.15) is 17.3 Å². The van der Waals surface area contributed by atoms with E-state index in [9.17, 15) is 8.42 Å². The number of benzene rings is 1. The number of hydrogen-bond acceptors (Lipinski definition) is 8. The monoisotopic (exact) mass is 467 g/mol. The van der Waals surface area contributed by atoms with Gasteiger partial charge in [-0.1, -0.05) is 12.1 Å². The third-order valence-electron chi connectivity index (χ3n) is 5.89. The van der Waals surface area contributed by atoms with Crippen LogP contribution in [0.2, 0.25) is 0 Å². The van der Waals surface area contributed by atoms with E-state index < -0.39 is 10.0 Å². The Morgan fingerprint density at radius 3 is 2.64 bits per heavy atom. The predicted octanol–water partition coefficient (Wildman–Crippen LogP) is 2.13. The number of rotatable bonds is 5. The van der Waals surface area contributed by atoms with Gasteiger partial charge in [0.15, 0.2) is 5.82 Å². The fourth-order valence-electron chi connectivity index (χ4n) is 4.13. The molecule has 1 fully saturated rings. The van der Waals surface area contributed by atoms with Crippen LogP contribution in [0.3, 0.4) is 0 Å². The first kappa shape index (κ1) is 21.7. The van der Waals surface area contributed by atoms with Gasteiger partial charge in [-0.3, -0.25) is 4.98 Å². The summed E-state index contributed by atoms with van der Waals surface area (Å²) in [5, 5.41) is 0. The zero-order chi connectivity index (χ0) is 22.8. The van der Waals surface area contributed by atoms with Crippen molar-refractivity contribution in [1.82, 2.24) is 19.3 Å². The molecule has 4 heterocycles. The molecule has 0 saturated carbocycles. The molecule has 33 heavy (non-hydrogen) atoms. The molecule has 0 spiro atoms. The van der Waals surface area contributed by atoms with Crippen LogP contribution in [0.4, 0.5) is 5.82 Å². The second kappa shape index (κ2) is 9.05. The minimum Gasteiger partial charge on any atom is -0.497 e. The number of sulfonamides is 1. The highest BCUT2D eigenvalue weighted by Crippen LogP contribution is 2.32. The quantitative estimate of drug-likeness (QED) is 0.563. The fraction of sp³-hybridized carbons (Fsp3) is 0.348. The first-order valence-electron chi connectivity index (χ1n) is 10.8. The molecule has 2 aliphatic rings. The summed E-state index contributed by atoms with van der Waals surface area (Å²) < 4.78 is 39.1. The van der Waals surface area contributed by atoms with Crippen molar-refractivity contribution in [1.29, 1.82) is 0 Å². The summed E-state index contributed by atoms with van der Waals surface area (Å²) in [6.07, 6.45) is 2.22. The average Bonchev–Trinajstić information content (AvgIpc) is 2.88. The van der Waals surface area contributed by atoms with Crippen molar-refractivity contribution in [3.8, 4) is 17.3 Å². The van der Waals surface area contributed by atoms with Crippen molar-refractivity contribution in [2.75, 3.05) is 44.9 Å². The molecule has 0 bridgehead atoms. The van der Waals surface area contributed by atoms with E-state index in [1.54, 1.807) is 30.5 Å². The number of ether oxygens (including phenoxy) is 2. The Labute approximate surface area is 193 Å². The van der Waals surface area contributed by atoms with Gasteiger partial charge in [-0.15, -0.1) is 0 Å². The average molecular weight is 468 g/mol. The Bertz CT molecular complexity index is 1250. The van der Waals surface area contributed by atoms with Crippen LogP contribution in [-0.2, 0) is 27.7 Å². The third kappa shape index (κ3) is 4.29. The molecule has 9 nitrogen and oxygen atoms in total. The molecular weight excluding hydrogens is 442 g/mol. The SMILES string of the molecule is COc1cccc(S(=O)(=O)N2CCc3nc(-c4ccccn4)nc(N4CCOCC4)c3C2)c1. The van der Waals surface area contributed by atoms with Crippen LogP contribution in [-0.4, -0.2) is 67.6 Å². The lowest BCUT2D eigenvalue weighted by atomic mass is 10.1. The molecule has 0 N–H and O–H groups in total.